The van der Waals surface area contributed by atoms with Crippen LogP contribution in [0.3, 0.4) is 0 Å². The summed E-state index contributed by atoms with van der Waals surface area (Å²) in [6.07, 6.45) is -0.458. The number of benzene rings is 3. The average Bonchev–Trinajstić information content (AvgIpc) is 3.15. The van der Waals surface area contributed by atoms with Crippen LogP contribution in [0, 0.1) is 5.92 Å². The van der Waals surface area contributed by atoms with Gasteiger partial charge in [-0.3, -0.25) is 0 Å². The molecular weight excluding hydrogens is 428 g/mol. The minimum atomic E-state index is -0.794. The van der Waals surface area contributed by atoms with Crippen molar-refractivity contribution in [1.82, 2.24) is 0 Å². The smallest absolute Gasteiger partial charge is 0.118 e. The normalized spacial score (nSPS) is 24.1. The second kappa shape index (κ2) is 12.0. The predicted molar refractivity (Wildman–Crippen MR) is 131 cm³/mol. The molecule has 5 heteroatoms. The molecule has 1 N–H and O–H groups in total. The lowest BCUT2D eigenvalue weighted by Crippen LogP contribution is -2.38. The molecule has 1 saturated carbocycles. The minimum absolute atomic E-state index is 0.314. The highest BCUT2D eigenvalue weighted by Gasteiger charge is 2.51. The molecule has 1 aliphatic rings. The number of hydrogen-bond acceptors (Lipinski definition) is 5. The fourth-order valence-corrected chi connectivity index (χ4v) is 4.32. The van der Waals surface area contributed by atoms with Crippen LogP contribution in [0.2, 0.25) is 0 Å². The van der Waals surface area contributed by atoms with Gasteiger partial charge < -0.3 is 24.1 Å². The van der Waals surface area contributed by atoms with Crippen molar-refractivity contribution in [1.29, 1.82) is 0 Å². The van der Waals surface area contributed by atoms with E-state index >= 15 is 0 Å². The molecule has 0 unspecified atom stereocenters. The zero-order valence-electron chi connectivity index (χ0n) is 19.5. The van der Waals surface area contributed by atoms with Crippen molar-refractivity contribution in [2.24, 2.45) is 5.92 Å². The highest BCUT2D eigenvalue weighted by molar-refractivity contribution is 5.26. The fraction of sp³-hybridized carbons (Fsp3) is 0.310. The third-order valence-corrected chi connectivity index (χ3v) is 6.20. The molecule has 178 valence electrons. The zero-order valence-corrected chi connectivity index (χ0v) is 19.5. The predicted octanol–water partition coefficient (Wildman–Crippen LogP) is 4.93. The van der Waals surface area contributed by atoms with Gasteiger partial charge in [-0.15, -0.1) is 6.58 Å². The first-order valence-electron chi connectivity index (χ1n) is 11.6. The summed E-state index contributed by atoms with van der Waals surface area (Å²) in [5.74, 6) is 0.472. The van der Waals surface area contributed by atoms with Crippen molar-refractivity contribution in [3.63, 3.8) is 0 Å². The number of aliphatic hydroxyl groups excluding tert-OH is 1. The second-order valence-corrected chi connectivity index (χ2v) is 8.45. The number of aliphatic hydroxyl groups is 1. The van der Waals surface area contributed by atoms with Crippen LogP contribution in [0.15, 0.2) is 97.6 Å². The van der Waals surface area contributed by atoms with E-state index in [0.717, 1.165) is 22.4 Å². The van der Waals surface area contributed by atoms with Crippen LogP contribution in [-0.4, -0.2) is 36.6 Å². The van der Waals surface area contributed by atoms with Gasteiger partial charge in [0.15, 0.2) is 0 Å². The summed E-state index contributed by atoms with van der Waals surface area (Å²) in [7, 11) is 1.64. The van der Waals surface area contributed by atoms with Crippen LogP contribution in [0.1, 0.15) is 16.7 Å². The molecule has 0 heterocycles. The lowest BCUT2D eigenvalue weighted by molar-refractivity contribution is -0.134. The Labute approximate surface area is 201 Å². The monoisotopic (exact) mass is 460 g/mol. The standard InChI is InChI=1S/C29H32O5/c1-3-25-26(30)28(33-20-23-14-16-24(31-2)17-15-23)29(34-19-22-12-8-5-9-13-22)27(25)32-18-21-10-6-4-7-11-21/h3-17,25-30H,1,18-20H2,2H3/t25-,26+,27+,28-,29-/m0/s1. The maximum atomic E-state index is 11.2. The molecular formula is C29H32O5. The van der Waals surface area contributed by atoms with Crippen molar-refractivity contribution in [3.05, 3.63) is 114 Å². The largest absolute Gasteiger partial charge is 0.497 e. The highest BCUT2D eigenvalue weighted by Crippen LogP contribution is 2.36. The van der Waals surface area contributed by atoms with Gasteiger partial charge in [0.2, 0.25) is 0 Å². The number of hydrogen-bond donors (Lipinski definition) is 1. The summed E-state index contributed by atoms with van der Waals surface area (Å²) in [5.41, 5.74) is 3.09. The van der Waals surface area contributed by atoms with Crippen LogP contribution in [-0.2, 0) is 34.0 Å². The summed E-state index contributed by atoms with van der Waals surface area (Å²) in [6.45, 7) is 5.11. The van der Waals surface area contributed by atoms with Gasteiger partial charge in [-0.2, -0.15) is 0 Å². The molecule has 0 aliphatic heterocycles. The van der Waals surface area contributed by atoms with Gasteiger partial charge in [-0.1, -0.05) is 78.9 Å². The van der Waals surface area contributed by atoms with E-state index in [1.807, 2.05) is 84.9 Å². The van der Waals surface area contributed by atoms with E-state index in [-0.39, 0.29) is 5.92 Å². The van der Waals surface area contributed by atoms with E-state index in [4.69, 9.17) is 18.9 Å². The van der Waals surface area contributed by atoms with Crippen LogP contribution in [0.5, 0.6) is 5.75 Å². The molecule has 0 spiro atoms. The van der Waals surface area contributed by atoms with Gasteiger partial charge in [0.05, 0.1) is 39.1 Å². The van der Waals surface area contributed by atoms with Crippen molar-refractivity contribution >= 4 is 0 Å². The number of methoxy groups -OCH3 is 1. The molecule has 0 amide bonds. The highest BCUT2D eigenvalue weighted by atomic mass is 16.6. The number of ether oxygens (including phenoxy) is 4. The Kier molecular flexibility index (Phi) is 8.50. The molecule has 3 aromatic rings. The minimum Gasteiger partial charge on any atom is -0.497 e. The average molecular weight is 461 g/mol. The summed E-state index contributed by atoms with van der Waals surface area (Å²) in [5, 5.41) is 11.2. The topological polar surface area (TPSA) is 57.2 Å². The molecule has 5 atom stereocenters. The summed E-state index contributed by atoms with van der Waals surface area (Å²) in [4.78, 5) is 0. The Morgan fingerprint density at radius 1 is 0.676 bits per heavy atom. The first kappa shape index (κ1) is 24.2. The Balaban J connectivity index is 1.51. The van der Waals surface area contributed by atoms with E-state index in [2.05, 4.69) is 6.58 Å². The van der Waals surface area contributed by atoms with Crippen molar-refractivity contribution in [2.45, 2.75) is 44.2 Å². The van der Waals surface area contributed by atoms with Gasteiger partial charge in [0.25, 0.3) is 0 Å². The Morgan fingerprint density at radius 3 is 1.65 bits per heavy atom. The third kappa shape index (κ3) is 5.93. The molecule has 1 fully saturated rings. The molecule has 0 bridgehead atoms. The Hall–Kier alpha value is -2.96. The summed E-state index contributed by atoms with van der Waals surface area (Å²) >= 11 is 0. The number of rotatable bonds is 11. The van der Waals surface area contributed by atoms with Gasteiger partial charge >= 0.3 is 0 Å². The second-order valence-electron chi connectivity index (χ2n) is 8.45. The first-order chi connectivity index (χ1) is 16.7. The SMILES string of the molecule is C=C[C@H]1[C@@H](O)[C@H](OCc2ccc(OC)cc2)[C@@H](OCc2ccccc2)[C@@H]1OCc1ccccc1. The summed E-state index contributed by atoms with van der Waals surface area (Å²) < 4.78 is 24.2. The Bertz CT molecular complexity index is 1010. The van der Waals surface area contributed by atoms with Gasteiger partial charge in [-0.05, 0) is 28.8 Å². The van der Waals surface area contributed by atoms with Crippen molar-refractivity contribution < 1.29 is 24.1 Å². The molecule has 0 aromatic heterocycles. The van der Waals surface area contributed by atoms with E-state index in [9.17, 15) is 5.11 Å². The quantitative estimate of drug-likeness (QED) is 0.411. The van der Waals surface area contributed by atoms with Crippen LogP contribution >= 0.6 is 0 Å². The summed E-state index contributed by atoms with van der Waals surface area (Å²) in [6, 6.07) is 27.7. The molecule has 5 nitrogen and oxygen atoms in total. The zero-order chi connectivity index (χ0) is 23.8. The van der Waals surface area contributed by atoms with E-state index in [0.29, 0.717) is 19.8 Å². The van der Waals surface area contributed by atoms with Crippen LogP contribution in [0.25, 0.3) is 0 Å². The lowest BCUT2D eigenvalue weighted by Gasteiger charge is -2.26. The molecule has 0 saturated heterocycles. The molecule has 3 aromatic carbocycles. The van der Waals surface area contributed by atoms with Crippen molar-refractivity contribution in [3.8, 4) is 5.75 Å². The molecule has 4 rings (SSSR count). The van der Waals surface area contributed by atoms with E-state index in [1.54, 1.807) is 13.2 Å². The van der Waals surface area contributed by atoms with Crippen LogP contribution in [0.4, 0.5) is 0 Å². The molecule has 34 heavy (non-hydrogen) atoms. The lowest BCUT2D eigenvalue weighted by atomic mass is 10.0. The van der Waals surface area contributed by atoms with Gasteiger partial charge in [0.1, 0.15) is 18.0 Å². The van der Waals surface area contributed by atoms with Crippen LogP contribution < -0.4 is 4.74 Å². The third-order valence-electron chi connectivity index (χ3n) is 6.20. The van der Waals surface area contributed by atoms with Crippen molar-refractivity contribution in [2.75, 3.05) is 7.11 Å². The Morgan fingerprint density at radius 2 is 1.15 bits per heavy atom. The van der Waals surface area contributed by atoms with E-state index in [1.165, 1.54) is 0 Å². The molecule has 1 aliphatic carbocycles. The van der Waals surface area contributed by atoms with E-state index < -0.39 is 24.4 Å². The molecule has 0 radical (unpaired) electrons. The van der Waals surface area contributed by atoms with Gasteiger partial charge in [0, 0.05) is 5.92 Å². The van der Waals surface area contributed by atoms with Gasteiger partial charge in [-0.25, -0.2) is 0 Å². The first-order valence-corrected chi connectivity index (χ1v) is 11.6. The fourth-order valence-electron chi connectivity index (χ4n) is 4.32. The maximum Gasteiger partial charge on any atom is 0.118 e. The maximum absolute atomic E-state index is 11.2.